The molecule has 0 N–H and O–H groups in total. The summed E-state index contributed by atoms with van der Waals surface area (Å²) in [6.07, 6.45) is 0. The Balaban J connectivity index is 1.19. The van der Waals surface area contributed by atoms with E-state index in [4.69, 9.17) is 0 Å². The molecule has 0 aromatic heterocycles. The minimum Gasteiger partial charge on any atom is -0.309 e. The second-order valence-electron chi connectivity index (χ2n) is 13.7. The molecule has 0 unspecified atom stereocenters. The van der Waals surface area contributed by atoms with E-state index in [-0.39, 0.29) is 0 Å². The van der Waals surface area contributed by atoms with Gasteiger partial charge in [0.2, 0.25) is 0 Å². The maximum Gasteiger partial charge on any atom is 0.0540 e. The Labute approximate surface area is 309 Å². The third kappa shape index (κ3) is 5.42. The first-order chi connectivity index (χ1) is 26.3. The number of anilines is 3. The van der Waals surface area contributed by atoms with Gasteiger partial charge in [-0.25, -0.2) is 0 Å². The zero-order valence-corrected chi connectivity index (χ0v) is 29.2. The van der Waals surface area contributed by atoms with Crippen LogP contribution in [0.1, 0.15) is 0 Å². The van der Waals surface area contributed by atoms with Gasteiger partial charge in [-0.15, -0.1) is 0 Å². The van der Waals surface area contributed by atoms with Crippen molar-refractivity contribution in [2.75, 3.05) is 4.90 Å². The molecule has 10 rings (SSSR count). The number of hydrogen-bond acceptors (Lipinski definition) is 1. The molecule has 0 fully saturated rings. The second kappa shape index (κ2) is 13.0. The molecule has 0 saturated carbocycles. The quantitative estimate of drug-likeness (QED) is 0.159. The molecule has 0 aliphatic rings. The van der Waals surface area contributed by atoms with Crippen LogP contribution < -0.4 is 4.90 Å². The molecular weight excluding hydrogens is 639 g/mol. The van der Waals surface area contributed by atoms with E-state index < -0.39 is 0 Å². The zero-order chi connectivity index (χ0) is 35.1. The number of para-hydroxylation sites is 1. The van der Waals surface area contributed by atoms with Crippen molar-refractivity contribution in [3.63, 3.8) is 0 Å². The van der Waals surface area contributed by atoms with Gasteiger partial charge in [-0.05, 0) is 102 Å². The summed E-state index contributed by atoms with van der Waals surface area (Å²) >= 11 is 0. The number of fused-ring (bicyclic) bond motifs is 5. The Morgan fingerprint density at radius 2 is 0.811 bits per heavy atom. The Morgan fingerprint density at radius 3 is 1.60 bits per heavy atom. The third-order valence-corrected chi connectivity index (χ3v) is 10.6. The van der Waals surface area contributed by atoms with Crippen molar-refractivity contribution in [3.8, 4) is 33.4 Å². The third-order valence-electron chi connectivity index (χ3n) is 10.6. The van der Waals surface area contributed by atoms with E-state index in [9.17, 15) is 0 Å². The second-order valence-corrected chi connectivity index (χ2v) is 13.7. The lowest BCUT2D eigenvalue weighted by Crippen LogP contribution is -2.12. The van der Waals surface area contributed by atoms with Gasteiger partial charge in [0.15, 0.2) is 0 Å². The summed E-state index contributed by atoms with van der Waals surface area (Å²) in [7, 11) is 0. The molecule has 0 atom stereocenters. The van der Waals surface area contributed by atoms with Crippen LogP contribution in [0.5, 0.6) is 0 Å². The molecule has 0 heterocycles. The fourth-order valence-electron chi connectivity index (χ4n) is 8.11. The first kappa shape index (κ1) is 30.8. The van der Waals surface area contributed by atoms with Gasteiger partial charge in [-0.3, -0.25) is 0 Å². The van der Waals surface area contributed by atoms with Crippen LogP contribution in [-0.4, -0.2) is 0 Å². The topological polar surface area (TPSA) is 3.24 Å². The smallest absolute Gasteiger partial charge is 0.0540 e. The van der Waals surface area contributed by atoms with Crippen molar-refractivity contribution < 1.29 is 0 Å². The Hall–Kier alpha value is -6.96. The lowest BCUT2D eigenvalue weighted by atomic mass is 9.93. The molecule has 10 aromatic rings. The molecule has 0 amide bonds. The fourth-order valence-corrected chi connectivity index (χ4v) is 8.11. The van der Waals surface area contributed by atoms with Crippen LogP contribution in [0.2, 0.25) is 0 Å². The number of rotatable bonds is 6. The van der Waals surface area contributed by atoms with E-state index in [0.29, 0.717) is 0 Å². The molecule has 0 aliphatic heterocycles. The highest BCUT2D eigenvalue weighted by Crippen LogP contribution is 2.46. The Morgan fingerprint density at radius 1 is 0.245 bits per heavy atom. The van der Waals surface area contributed by atoms with Gasteiger partial charge in [0.05, 0.1) is 11.4 Å². The minimum atomic E-state index is 1.10. The molecule has 0 spiro atoms. The van der Waals surface area contributed by atoms with E-state index in [1.807, 2.05) is 0 Å². The predicted octanol–water partition coefficient (Wildman–Crippen LogP) is 14.8. The number of hydrogen-bond donors (Lipinski definition) is 0. The lowest BCUT2D eigenvalue weighted by Gasteiger charge is -2.30. The highest BCUT2D eigenvalue weighted by atomic mass is 15.1. The maximum atomic E-state index is 2.45. The van der Waals surface area contributed by atoms with Crippen molar-refractivity contribution in [1.82, 2.24) is 0 Å². The molecule has 53 heavy (non-hydrogen) atoms. The molecule has 1 heteroatoms. The molecule has 0 radical (unpaired) electrons. The van der Waals surface area contributed by atoms with Crippen LogP contribution >= 0.6 is 0 Å². The SMILES string of the molecule is c1ccc(-c2ccc(N(c3ccc(-c4cc5ccccc5c5ccccc45)cc3)c3ccccc3-c3ccc4ccccc4c3)c3ccccc23)cc1. The molecule has 0 saturated heterocycles. The summed E-state index contributed by atoms with van der Waals surface area (Å²) in [5, 5.41) is 9.98. The van der Waals surface area contributed by atoms with Crippen molar-refractivity contribution in [1.29, 1.82) is 0 Å². The maximum absolute atomic E-state index is 2.45. The van der Waals surface area contributed by atoms with E-state index in [1.54, 1.807) is 0 Å². The van der Waals surface area contributed by atoms with Gasteiger partial charge in [-0.1, -0.05) is 176 Å². The van der Waals surface area contributed by atoms with Crippen LogP contribution in [0.15, 0.2) is 212 Å². The highest BCUT2D eigenvalue weighted by Gasteiger charge is 2.21. The van der Waals surface area contributed by atoms with Gasteiger partial charge in [0, 0.05) is 16.6 Å². The largest absolute Gasteiger partial charge is 0.309 e. The van der Waals surface area contributed by atoms with Gasteiger partial charge in [0.25, 0.3) is 0 Å². The normalized spacial score (nSPS) is 11.4. The standard InChI is InChI=1S/C52H35N/c1-2-15-37(16-3-1)44-32-33-52(49-24-11-10-22-47(44)49)53(51-25-13-12-20-45(51)41-27-26-36-14-4-5-17-39(36)34-41)42-30-28-38(29-31-42)50-35-40-18-6-7-19-43(40)46-21-8-9-23-48(46)50/h1-35H. The van der Waals surface area contributed by atoms with Gasteiger partial charge in [-0.2, -0.15) is 0 Å². The Bertz CT molecular complexity index is 2940. The van der Waals surface area contributed by atoms with Crippen LogP contribution in [0, 0.1) is 0 Å². The first-order valence-corrected chi connectivity index (χ1v) is 18.3. The number of nitrogens with zero attached hydrogens (tertiary/aromatic N) is 1. The summed E-state index contributed by atoms with van der Waals surface area (Å²) in [5.41, 5.74) is 10.6. The lowest BCUT2D eigenvalue weighted by molar-refractivity contribution is 1.30. The molecule has 0 aliphatic carbocycles. The van der Waals surface area contributed by atoms with Gasteiger partial charge < -0.3 is 4.90 Å². The van der Waals surface area contributed by atoms with E-state index >= 15 is 0 Å². The average Bonchev–Trinajstić information content (AvgIpc) is 3.24. The summed E-state index contributed by atoms with van der Waals surface area (Å²) in [5.74, 6) is 0. The van der Waals surface area contributed by atoms with Gasteiger partial charge >= 0.3 is 0 Å². The molecule has 10 aromatic carbocycles. The predicted molar refractivity (Wildman–Crippen MR) is 227 cm³/mol. The van der Waals surface area contributed by atoms with Gasteiger partial charge in [0.1, 0.15) is 0 Å². The van der Waals surface area contributed by atoms with E-state index in [1.165, 1.54) is 76.5 Å². The zero-order valence-electron chi connectivity index (χ0n) is 29.2. The highest BCUT2D eigenvalue weighted by molar-refractivity contribution is 6.14. The van der Waals surface area contributed by atoms with Crippen LogP contribution in [0.4, 0.5) is 17.1 Å². The Kier molecular flexibility index (Phi) is 7.55. The van der Waals surface area contributed by atoms with Crippen molar-refractivity contribution in [2.24, 2.45) is 0 Å². The summed E-state index contributed by atoms with van der Waals surface area (Å²) in [6.45, 7) is 0. The van der Waals surface area contributed by atoms with Crippen molar-refractivity contribution in [3.05, 3.63) is 212 Å². The summed E-state index contributed by atoms with van der Waals surface area (Å²) in [4.78, 5) is 2.45. The summed E-state index contributed by atoms with van der Waals surface area (Å²) in [6, 6.07) is 77.3. The molecular formula is C52H35N. The fraction of sp³-hybridized carbons (Fsp3) is 0. The van der Waals surface area contributed by atoms with Crippen LogP contribution in [0.25, 0.3) is 76.5 Å². The van der Waals surface area contributed by atoms with Crippen molar-refractivity contribution in [2.45, 2.75) is 0 Å². The first-order valence-electron chi connectivity index (χ1n) is 18.3. The average molecular weight is 674 g/mol. The summed E-state index contributed by atoms with van der Waals surface area (Å²) < 4.78 is 0. The molecule has 248 valence electrons. The molecule has 1 nitrogen and oxygen atoms in total. The number of benzene rings is 10. The molecule has 0 bridgehead atoms. The van der Waals surface area contributed by atoms with Crippen molar-refractivity contribution >= 4 is 60.2 Å². The van der Waals surface area contributed by atoms with Crippen LogP contribution in [-0.2, 0) is 0 Å². The van der Waals surface area contributed by atoms with Crippen LogP contribution in [0.3, 0.4) is 0 Å². The monoisotopic (exact) mass is 673 g/mol. The van der Waals surface area contributed by atoms with E-state index in [0.717, 1.165) is 17.1 Å². The minimum absolute atomic E-state index is 1.10. The van der Waals surface area contributed by atoms with E-state index in [2.05, 4.69) is 217 Å².